The highest BCUT2D eigenvalue weighted by Crippen LogP contribution is 2.19. The lowest BCUT2D eigenvalue weighted by molar-refractivity contribution is -0.117. The zero-order chi connectivity index (χ0) is 21.5. The van der Waals surface area contributed by atoms with Crippen molar-refractivity contribution in [1.29, 1.82) is 0 Å². The van der Waals surface area contributed by atoms with E-state index < -0.39 is 11.9 Å². The number of urea groups is 1. The number of carbonyl (C=O) groups is 2. The summed E-state index contributed by atoms with van der Waals surface area (Å²) in [5.74, 6) is 0.529. The third-order valence-corrected chi connectivity index (χ3v) is 5.72. The monoisotopic (exact) mass is 423 g/mol. The number of amides is 3. The molecule has 7 nitrogen and oxygen atoms in total. The van der Waals surface area contributed by atoms with Crippen molar-refractivity contribution in [2.45, 2.75) is 38.9 Å². The van der Waals surface area contributed by atoms with Crippen molar-refractivity contribution >= 4 is 29.4 Å². The number of imide groups is 1. The van der Waals surface area contributed by atoms with Gasteiger partial charge in [0.05, 0.1) is 5.75 Å². The number of nitrogens with zero attached hydrogens (tertiary/aromatic N) is 3. The summed E-state index contributed by atoms with van der Waals surface area (Å²) in [6.07, 6.45) is 0.673. The van der Waals surface area contributed by atoms with Gasteiger partial charge in [0.15, 0.2) is 5.16 Å². The van der Waals surface area contributed by atoms with Crippen molar-refractivity contribution in [3.63, 3.8) is 0 Å². The lowest BCUT2D eigenvalue weighted by atomic mass is 10.1. The number of rotatable bonds is 7. The van der Waals surface area contributed by atoms with E-state index in [1.165, 1.54) is 11.8 Å². The first-order valence-electron chi connectivity index (χ1n) is 9.73. The molecule has 30 heavy (non-hydrogen) atoms. The van der Waals surface area contributed by atoms with E-state index in [4.69, 9.17) is 0 Å². The second kappa shape index (κ2) is 10.1. The van der Waals surface area contributed by atoms with Gasteiger partial charge in [0.2, 0.25) is 5.91 Å². The van der Waals surface area contributed by atoms with Crippen LogP contribution < -0.4 is 10.6 Å². The molecule has 0 unspecified atom stereocenters. The molecule has 2 N–H and O–H groups in total. The fraction of sp³-hybridized carbons (Fsp3) is 0.273. The molecular formula is C22H25N5O2S. The zero-order valence-electron chi connectivity index (χ0n) is 17.3. The van der Waals surface area contributed by atoms with Gasteiger partial charge in [-0.1, -0.05) is 54.2 Å². The molecule has 2 aromatic carbocycles. The second-order valence-electron chi connectivity index (χ2n) is 6.84. The van der Waals surface area contributed by atoms with Gasteiger partial charge in [-0.3, -0.25) is 10.1 Å². The Morgan fingerprint density at radius 2 is 1.80 bits per heavy atom. The van der Waals surface area contributed by atoms with Crippen LogP contribution in [0, 0.1) is 13.8 Å². The van der Waals surface area contributed by atoms with Gasteiger partial charge in [-0.15, -0.1) is 10.2 Å². The molecule has 0 aliphatic rings. The molecule has 3 rings (SSSR count). The molecule has 0 aliphatic heterocycles. The first kappa shape index (κ1) is 21.6. The van der Waals surface area contributed by atoms with E-state index in [9.17, 15) is 9.59 Å². The third-order valence-electron chi connectivity index (χ3n) is 4.75. The minimum absolute atomic E-state index is 0.0731. The highest BCUT2D eigenvalue weighted by molar-refractivity contribution is 7.99. The second-order valence-corrected chi connectivity index (χ2v) is 7.79. The lowest BCUT2D eigenvalue weighted by Crippen LogP contribution is -2.35. The minimum Gasteiger partial charge on any atom is -0.307 e. The van der Waals surface area contributed by atoms with Crippen LogP contribution in [0.4, 0.5) is 10.5 Å². The number of aromatic nitrogens is 3. The normalized spacial score (nSPS) is 10.6. The van der Waals surface area contributed by atoms with E-state index in [-0.39, 0.29) is 5.75 Å². The quantitative estimate of drug-likeness (QED) is 0.562. The number of aryl methyl sites for hydroxylation is 1. The van der Waals surface area contributed by atoms with Gasteiger partial charge >= 0.3 is 6.03 Å². The van der Waals surface area contributed by atoms with Crippen molar-refractivity contribution in [3.05, 3.63) is 71.0 Å². The summed E-state index contributed by atoms with van der Waals surface area (Å²) in [6, 6.07) is 15.1. The third kappa shape index (κ3) is 5.48. The number of anilines is 1. The number of nitrogens with one attached hydrogen (secondary N) is 2. The number of hydrogen-bond acceptors (Lipinski definition) is 5. The van der Waals surface area contributed by atoms with E-state index >= 15 is 0 Å². The molecule has 3 aromatic rings. The Kier molecular flexibility index (Phi) is 7.24. The summed E-state index contributed by atoms with van der Waals surface area (Å²) in [4.78, 5) is 24.4. The van der Waals surface area contributed by atoms with Gasteiger partial charge in [0.25, 0.3) is 0 Å². The first-order chi connectivity index (χ1) is 14.5. The molecule has 1 aromatic heterocycles. The Morgan fingerprint density at radius 3 is 2.53 bits per heavy atom. The molecule has 0 fully saturated rings. The average Bonchev–Trinajstić information content (AvgIpc) is 3.12. The summed E-state index contributed by atoms with van der Waals surface area (Å²) < 4.78 is 1.99. The van der Waals surface area contributed by atoms with Crippen LogP contribution in [-0.2, 0) is 17.8 Å². The average molecular weight is 424 g/mol. The highest BCUT2D eigenvalue weighted by atomic mass is 32.2. The first-order valence-corrected chi connectivity index (χ1v) is 10.7. The Bertz CT molecular complexity index is 1030. The Balaban J connectivity index is 1.55. The molecule has 0 atom stereocenters. The van der Waals surface area contributed by atoms with Crippen LogP contribution in [0.2, 0.25) is 0 Å². The largest absolute Gasteiger partial charge is 0.325 e. The van der Waals surface area contributed by atoms with Gasteiger partial charge in [-0.25, -0.2) is 4.79 Å². The van der Waals surface area contributed by atoms with E-state index in [1.807, 2.05) is 67.8 Å². The van der Waals surface area contributed by atoms with Crippen LogP contribution in [0.25, 0.3) is 0 Å². The minimum atomic E-state index is -0.545. The number of thioether (sulfide) groups is 1. The fourth-order valence-corrected chi connectivity index (χ4v) is 3.81. The molecule has 0 bridgehead atoms. The number of carbonyl (C=O) groups excluding carboxylic acids is 2. The molecule has 8 heteroatoms. The number of benzene rings is 2. The molecule has 1 heterocycles. The predicted molar refractivity (Wildman–Crippen MR) is 119 cm³/mol. The smallest absolute Gasteiger partial charge is 0.307 e. The molecule has 0 saturated heterocycles. The molecular weight excluding hydrogens is 398 g/mol. The highest BCUT2D eigenvalue weighted by Gasteiger charge is 2.15. The zero-order valence-corrected chi connectivity index (χ0v) is 18.1. The van der Waals surface area contributed by atoms with E-state index in [0.29, 0.717) is 23.8 Å². The summed E-state index contributed by atoms with van der Waals surface area (Å²) in [5, 5.41) is 14.2. The van der Waals surface area contributed by atoms with Crippen molar-refractivity contribution in [3.8, 4) is 0 Å². The summed E-state index contributed by atoms with van der Waals surface area (Å²) in [5.41, 5.74) is 3.87. The summed E-state index contributed by atoms with van der Waals surface area (Å²) >= 11 is 1.26. The van der Waals surface area contributed by atoms with Crippen LogP contribution in [0.3, 0.4) is 0 Å². The van der Waals surface area contributed by atoms with Gasteiger partial charge in [-0.2, -0.15) is 0 Å². The Labute approximate surface area is 180 Å². The topological polar surface area (TPSA) is 88.9 Å². The fourth-order valence-electron chi connectivity index (χ4n) is 2.99. The van der Waals surface area contributed by atoms with Crippen molar-refractivity contribution < 1.29 is 9.59 Å². The summed E-state index contributed by atoms with van der Waals surface area (Å²) in [7, 11) is 0. The SMILES string of the molecule is CCn1c(Cc2ccccc2)nnc1SCC(=O)NC(=O)Nc1cccc(C)c1C. The van der Waals surface area contributed by atoms with Crippen LogP contribution in [0.1, 0.15) is 29.4 Å². The summed E-state index contributed by atoms with van der Waals surface area (Å²) in [6.45, 7) is 6.61. The Morgan fingerprint density at radius 1 is 1.03 bits per heavy atom. The maximum atomic E-state index is 12.2. The van der Waals surface area contributed by atoms with Gasteiger partial charge < -0.3 is 9.88 Å². The van der Waals surface area contributed by atoms with Crippen LogP contribution >= 0.6 is 11.8 Å². The van der Waals surface area contributed by atoms with Crippen molar-refractivity contribution in [2.24, 2.45) is 0 Å². The molecule has 3 amide bonds. The predicted octanol–water partition coefficient (Wildman–Crippen LogP) is 3.95. The Hall–Kier alpha value is -3.13. The maximum absolute atomic E-state index is 12.2. The molecule has 0 aliphatic carbocycles. The van der Waals surface area contributed by atoms with Gasteiger partial charge in [-0.05, 0) is 43.5 Å². The van der Waals surface area contributed by atoms with Gasteiger partial charge in [0.1, 0.15) is 5.82 Å². The van der Waals surface area contributed by atoms with Crippen LogP contribution in [0.5, 0.6) is 0 Å². The van der Waals surface area contributed by atoms with Crippen molar-refractivity contribution in [2.75, 3.05) is 11.1 Å². The molecule has 0 saturated carbocycles. The van der Waals surface area contributed by atoms with E-state index in [1.54, 1.807) is 6.07 Å². The van der Waals surface area contributed by atoms with E-state index in [2.05, 4.69) is 20.8 Å². The van der Waals surface area contributed by atoms with Crippen LogP contribution in [-0.4, -0.2) is 32.5 Å². The standard InChI is InChI=1S/C22H25N5O2S/c1-4-27-19(13-17-10-6-5-7-11-17)25-26-22(27)30-14-20(28)24-21(29)23-18-12-8-9-15(2)16(18)3/h5-12H,4,13-14H2,1-3H3,(H2,23,24,28,29). The maximum Gasteiger partial charge on any atom is 0.325 e. The molecule has 156 valence electrons. The molecule has 0 radical (unpaired) electrons. The van der Waals surface area contributed by atoms with Crippen molar-refractivity contribution in [1.82, 2.24) is 20.1 Å². The van der Waals surface area contributed by atoms with Crippen LogP contribution in [0.15, 0.2) is 53.7 Å². The van der Waals surface area contributed by atoms with Gasteiger partial charge in [0, 0.05) is 18.7 Å². The lowest BCUT2D eigenvalue weighted by Gasteiger charge is -2.11. The number of hydrogen-bond donors (Lipinski definition) is 2. The molecule has 0 spiro atoms. The van der Waals surface area contributed by atoms with E-state index in [0.717, 1.165) is 22.5 Å².